The van der Waals surface area contributed by atoms with Gasteiger partial charge in [-0.25, -0.2) is 4.99 Å². The number of nitrogens with one attached hydrogen (secondary N) is 1. The SMILES string of the molecule is C=C(C)CNC(N)=NCc1ccc(CN2CCCC2)cc1. The molecule has 1 heterocycles. The van der Waals surface area contributed by atoms with E-state index in [1.807, 2.05) is 6.92 Å². The lowest BCUT2D eigenvalue weighted by Crippen LogP contribution is -2.32. The van der Waals surface area contributed by atoms with Gasteiger partial charge in [0.15, 0.2) is 5.96 Å². The molecule has 1 aliphatic heterocycles. The standard InChI is InChI=1S/C17H26N4/c1-14(2)11-19-17(18)20-12-15-5-7-16(8-6-15)13-21-9-3-4-10-21/h5-8H,1,3-4,9-13H2,2H3,(H3,18,19,20). The number of likely N-dealkylation sites (tertiary alicyclic amines) is 1. The van der Waals surface area contributed by atoms with E-state index < -0.39 is 0 Å². The zero-order chi connectivity index (χ0) is 15.1. The highest BCUT2D eigenvalue weighted by Crippen LogP contribution is 2.13. The van der Waals surface area contributed by atoms with Crippen LogP contribution in [-0.4, -0.2) is 30.5 Å². The molecule has 0 amide bonds. The van der Waals surface area contributed by atoms with Crippen LogP contribution in [0, 0.1) is 0 Å². The Hall–Kier alpha value is -1.81. The predicted molar refractivity (Wildman–Crippen MR) is 89.1 cm³/mol. The maximum atomic E-state index is 5.80. The van der Waals surface area contributed by atoms with Gasteiger partial charge in [0.1, 0.15) is 0 Å². The number of nitrogens with zero attached hydrogens (tertiary/aromatic N) is 2. The van der Waals surface area contributed by atoms with E-state index in [1.165, 1.54) is 37.1 Å². The first-order valence-electron chi connectivity index (χ1n) is 7.62. The van der Waals surface area contributed by atoms with Crippen molar-refractivity contribution in [2.24, 2.45) is 10.7 Å². The molecule has 114 valence electrons. The molecule has 21 heavy (non-hydrogen) atoms. The van der Waals surface area contributed by atoms with Gasteiger partial charge in [0.2, 0.25) is 0 Å². The Kier molecular flexibility index (Phi) is 5.81. The number of rotatable bonds is 6. The molecule has 0 atom stereocenters. The van der Waals surface area contributed by atoms with Crippen molar-refractivity contribution < 1.29 is 0 Å². The fraction of sp³-hybridized carbons (Fsp3) is 0.471. The first kappa shape index (κ1) is 15.6. The van der Waals surface area contributed by atoms with Crippen molar-refractivity contribution in [1.82, 2.24) is 10.2 Å². The average molecular weight is 286 g/mol. The number of guanidine groups is 1. The molecule has 1 aromatic rings. The van der Waals surface area contributed by atoms with E-state index in [9.17, 15) is 0 Å². The third-order valence-corrected chi connectivity index (χ3v) is 3.63. The fourth-order valence-corrected chi connectivity index (χ4v) is 2.42. The smallest absolute Gasteiger partial charge is 0.189 e. The quantitative estimate of drug-likeness (QED) is 0.479. The fourth-order valence-electron chi connectivity index (χ4n) is 2.42. The van der Waals surface area contributed by atoms with Crippen LogP contribution in [0.1, 0.15) is 30.9 Å². The normalized spacial score (nSPS) is 16.1. The van der Waals surface area contributed by atoms with Crippen molar-refractivity contribution in [1.29, 1.82) is 0 Å². The van der Waals surface area contributed by atoms with E-state index in [0.29, 0.717) is 19.0 Å². The minimum Gasteiger partial charge on any atom is -0.370 e. The molecule has 3 N–H and O–H groups in total. The number of benzene rings is 1. The van der Waals surface area contributed by atoms with Crippen molar-refractivity contribution in [3.8, 4) is 0 Å². The van der Waals surface area contributed by atoms with E-state index in [-0.39, 0.29) is 0 Å². The van der Waals surface area contributed by atoms with Crippen molar-refractivity contribution in [3.63, 3.8) is 0 Å². The summed E-state index contributed by atoms with van der Waals surface area (Å²) in [6.45, 7) is 10.6. The van der Waals surface area contributed by atoms with E-state index >= 15 is 0 Å². The van der Waals surface area contributed by atoms with E-state index in [4.69, 9.17) is 5.73 Å². The van der Waals surface area contributed by atoms with Crippen LogP contribution >= 0.6 is 0 Å². The molecule has 0 unspecified atom stereocenters. The van der Waals surface area contributed by atoms with Crippen molar-refractivity contribution in [2.45, 2.75) is 32.9 Å². The molecule has 1 aliphatic rings. The van der Waals surface area contributed by atoms with Gasteiger partial charge in [-0.2, -0.15) is 0 Å². The van der Waals surface area contributed by atoms with Crippen molar-refractivity contribution >= 4 is 5.96 Å². The van der Waals surface area contributed by atoms with Crippen LogP contribution in [0.25, 0.3) is 0 Å². The van der Waals surface area contributed by atoms with Crippen LogP contribution in [-0.2, 0) is 13.1 Å². The summed E-state index contributed by atoms with van der Waals surface area (Å²) in [5.74, 6) is 0.471. The van der Waals surface area contributed by atoms with Gasteiger partial charge in [0, 0.05) is 13.1 Å². The van der Waals surface area contributed by atoms with Crippen LogP contribution in [0.2, 0.25) is 0 Å². The molecule has 0 bridgehead atoms. The summed E-state index contributed by atoms with van der Waals surface area (Å²) in [6.07, 6.45) is 2.67. The molecule has 0 aromatic heterocycles. The molecule has 4 heteroatoms. The van der Waals surface area contributed by atoms with Crippen molar-refractivity contribution in [3.05, 3.63) is 47.5 Å². The van der Waals surface area contributed by atoms with Crippen LogP contribution in [0.3, 0.4) is 0 Å². The summed E-state index contributed by atoms with van der Waals surface area (Å²) in [5, 5.41) is 3.03. The average Bonchev–Trinajstić information content (AvgIpc) is 2.97. The topological polar surface area (TPSA) is 53.6 Å². The molecule has 1 aromatic carbocycles. The summed E-state index contributed by atoms with van der Waals surface area (Å²) in [5.41, 5.74) is 9.39. The van der Waals surface area contributed by atoms with E-state index in [1.54, 1.807) is 0 Å². The Balaban J connectivity index is 1.81. The number of aliphatic imine (C=N–C) groups is 1. The minimum atomic E-state index is 0.471. The molecule has 4 nitrogen and oxygen atoms in total. The van der Waals surface area contributed by atoms with Gasteiger partial charge < -0.3 is 11.1 Å². The van der Waals surface area contributed by atoms with Crippen LogP contribution in [0.5, 0.6) is 0 Å². The Morgan fingerprint density at radius 2 is 1.86 bits per heavy atom. The molecular weight excluding hydrogens is 260 g/mol. The first-order valence-corrected chi connectivity index (χ1v) is 7.62. The Morgan fingerprint density at radius 3 is 2.48 bits per heavy atom. The molecule has 0 saturated carbocycles. The maximum absolute atomic E-state index is 5.80. The van der Waals surface area contributed by atoms with Gasteiger partial charge in [0.05, 0.1) is 6.54 Å². The van der Waals surface area contributed by atoms with Gasteiger partial charge in [-0.05, 0) is 44.0 Å². The number of hydrogen-bond donors (Lipinski definition) is 2. The van der Waals surface area contributed by atoms with Crippen LogP contribution in [0.4, 0.5) is 0 Å². The highest BCUT2D eigenvalue weighted by Gasteiger charge is 2.11. The second-order valence-electron chi connectivity index (χ2n) is 5.81. The molecule has 1 saturated heterocycles. The number of nitrogens with two attached hydrogens (primary N) is 1. The van der Waals surface area contributed by atoms with E-state index in [0.717, 1.165) is 12.1 Å². The first-order chi connectivity index (χ1) is 10.1. The summed E-state index contributed by atoms with van der Waals surface area (Å²) in [6, 6.07) is 8.67. The molecule has 0 spiro atoms. The third kappa shape index (κ3) is 5.60. The third-order valence-electron chi connectivity index (χ3n) is 3.63. The molecule has 1 fully saturated rings. The Labute approximate surface area is 127 Å². The Bertz CT molecular complexity index is 484. The summed E-state index contributed by atoms with van der Waals surface area (Å²) in [7, 11) is 0. The summed E-state index contributed by atoms with van der Waals surface area (Å²) >= 11 is 0. The highest BCUT2D eigenvalue weighted by molar-refractivity contribution is 5.78. The lowest BCUT2D eigenvalue weighted by atomic mass is 10.1. The largest absolute Gasteiger partial charge is 0.370 e. The second-order valence-corrected chi connectivity index (χ2v) is 5.81. The van der Waals surface area contributed by atoms with Gasteiger partial charge in [0.25, 0.3) is 0 Å². The molecule has 2 rings (SSSR count). The van der Waals surface area contributed by atoms with Crippen molar-refractivity contribution in [2.75, 3.05) is 19.6 Å². The predicted octanol–water partition coefficient (Wildman–Crippen LogP) is 2.26. The lowest BCUT2D eigenvalue weighted by molar-refractivity contribution is 0.331. The van der Waals surface area contributed by atoms with Crippen LogP contribution < -0.4 is 11.1 Å². The van der Waals surface area contributed by atoms with E-state index in [2.05, 4.69) is 46.1 Å². The summed E-state index contributed by atoms with van der Waals surface area (Å²) < 4.78 is 0. The van der Waals surface area contributed by atoms with Gasteiger partial charge in [-0.1, -0.05) is 36.4 Å². The maximum Gasteiger partial charge on any atom is 0.189 e. The molecule has 0 aliphatic carbocycles. The monoisotopic (exact) mass is 286 g/mol. The number of hydrogen-bond acceptors (Lipinski definition) is 2. The van der Waals surface area contributed by atoms with Gasteiger partial charge >= 0.3 is 0 Å². The zero-order valence-electron chi connectivity index (χ0n) is 12.9. The zero-order valence-corrected chi connectivity index (χ0v) is 12.9. The second kappa shape index (κ2) is 7.84. The lowest BCUT2D eigenvalue weighted by Gasteiger charge is -2.14. The molecule has 0 radical (unpaired) electrons. The van der Waals surface area contributed by atoms with Crippen LogP contribution in [0.15, 0.2) is 41.4 Å². The minimum absolute atomic E-state index is 0.471. The van der Waals surface area contributed by atoms with Gasteiger partial charge in [-0.3, -0.25) is 4.90 Å². The summed E-state index contributed by atoms with van der Waals surface area (Å²) in [4.78, 5) is 6.84. The molecular formula is C17H26N4. The van der Waals surface area contributed by atoms with Gasteiger partial charge in [-0.15, -0.1) is 0 Å². The highest BCUT2D eigenvalue weighted by atomic mass is 15.1. The Morgan fingerprint density at radius 1 is 1.24 bits per heavy atom.